The lowest BCUT2D eigenvalue weighted by atomic mass is 9.73. The van der Waals surface area contributed by atoms with Crippen molar-refractivity contribution in [3.8, 4) is 0 Å². The molecule has 0 saturated heterocycles. The van der Waals surface area contributed by atoms with Crippen LogP contribution in [-0.2, 0) is 11.2 Å². The van der Waals surface area contributed by atoms with E-state index in [2.05, 4.69) is 31.3 Å². The molecule has 1 fully saturated rings. The second-order valence-electron chi connectivity index (χ2n) is 6.14. The van der Waals surface area contributed by atoms with Crippen LogP contribution >= 0.6 is 11.3 Å². The standard InChI is InChI=1S/C16H26N2OS/c1-12(10-14-7-6-13(2)20-14)18-15(19)16(11-17)8-4-3-5-9-16/h6-7,12H,3-5,8-11,17H2,1-2H3,(H,18,19). The lowest BCUT2D eigenvalue weighted by Gasteiger charge is -2.35. The summed E-state index contributed by atoms with van der Waals surface area (Å²) in [6.45, 7) is 4.67. The largest absolute Gasteiger partial charge is 0.353 e. The number of hydrogen-bond donors (Lipinski definition) is 2. The number of aryl methyl sites for hydroxylation is 1. The van der Waals surface area contributed by atoms with Crippen molar-refractivity contribution in [1.82, 2.24) is 5.32 Å². The lowest BCUT2D eigenvalue weighted by Crippen LogP contribution is -2.50. The Labute approximate surface area is 125 Å². The van der Waals surface area contributed by atoms with Gasteiger partial charge in [0.05, 0.1) is 5.41 Å². The van der Waals surface area contributed by atoms with Gasteiger partial charge in [0.25, 0.3) is 0 Å². The molecule has 1 aliphatic rings. The lowest BCUT2D eigenvalue weighted by molar-refractivity contribution is -0.133. The molecule has 0 radical (unpaired) electrons. The van der Waals surface area contributed by atoms with Gasteiger partial charge in [0.2, 0.25) is 5.91 Å². The number of thiophene rings is 1. The van der Waals surface area contributed by atoms with E-state index < -0.39 is 0 Å². The van der Waals surface area contributed by atoms with Crippen molar-refractivity contribution < 1.29 is 4.79 Å². The molecule has 3 N–H and O–H groups in total. The number of carbonyl (C=O) groups is 1. The summed E-state index contributed by atoms with van der Waals surface area (Å²) in [7, 11) is 0. The molecule has 1 amide bonds. The molecule has 4 heteroatoms. The van der Waals surface area contributed by atoms with E-state index in [4.69, 9.17) is 5.73 Å². The monoisotopic (exact) mass is 294 g/mol. The number of nitrogens with two attached hydrogens (primary N) is 1. The first-order chi connectivity index (χ1) is 9.55. The molecule has 1 aromatic rings. The van der Waals surface area contributed by atoms with E-state index in [1.54, 1.807) is 0 Å². The molecule has 1 aromatic heterocycles. The summed E-state index contributed by atoms with van der Waals surface area (Å²) in [5, 5.41) is 3.19. The quantitative estimate of drug-likeness (QED) is 0.877. The van der Waals surface area contributed by atoms with Gasteiger partial charge >= 0.3 is 0 Å². The van der Waals surface area contributed by atoms with E-state index >= 15 is 0 Å². The van der Waals surface area contributed by atoms with Crippen molar-refractivity contribution >= 4 is 17.2 Å². The summed E-state index contributed by atoms with van der Waals surface area (Å²) in [4.78, 5) is 15.2. The molecule has 0 spiro atoms. The maximum Gasteiger partial charge on any atom is 0.227 e. The number of hydrogen-bond acceptors (Lipinski definition) is 3. The Morgan fingerprint density at radius 1 is 1.40 bits per heavy atom. The average Bonchev–Trinajstić information content (AvgIpc) is 2.84. The molecule has 20 heavy (non-hydrogen) atoms. The molecule has 1 unspecified atom stereocenters. The number of amides is 1. The Kier molecular flexibility index (Phi) is 5.22. The van der Waals surface area contributed by atoms with Gasteiger partial charge < -0.3 is 11.1 Å². The van der Waals surface area contributed by atoms with Crippen molar-refractivity contribution in [3.63, 3.8) is 0 Å². The number of rotatable bonds is 5. The van der Waals surface area contributed by atoms with Crippen LogP contribution in [0.25, 0.3) is 0 Å². The summed E-state index contributed by atoms with van der Waals surface area (Å²) >= 11 is 1.81. The van der Waals surface area contributed by atoms with Gasteiger partial charge in [0, 0.05) is 28.8 Å². The van der Waals surface area contributed by atoms with E-state index in [0.29, 0.717) is 6.54 Å². The number of nitrogens with one attached hydrogen (secondary N) is 1. The van der Waals surface area contributed by atoms with Gasteiger partial charge in [-0.3, -0.25) is 4.79 Å². The highest BCUT2D eigenvalue weighted by atomic mass is 32.1. The van der Waals surface area contributed by atoms with Crippen LogP contribution in [0.3, 0.4) is 0 Å². The van der Waals surface area contributed by atoms with Gasteiger partial charge in [-0.1, -0.05) is 19.3 Å². The van der Waals surface area contributed by atoms with Gasteiger partial charge in [0.15, 0.2) is 0 Å². The first-order valence-electron chi connectivity index (χ1n) is 7.62. The van der Waals surface area contributed by atoms with Crippen molar-refractivity contribution in [2.75, 3.05) is 6.54 Å². The molecule has 1 atom stereocenters. The molecule has 1 saturated carbocycles. The summed E-state index contributed by atoms with van der Waals surface area (Å²) in [6.07, 6.45) is 6.29. The van der Waals surface area contributed by atoms with Crippen LogP contribution in [0.15, 0.2) is 12.1 Å². The second kappa shape index (κ2) is 6.72. The predicted octanol–water partition coefficient (Wildman–Crippen LogP) is 3.01. The van der Waals surface area contributed by atoms with Crippen molar-refractivity contribution in [2.24, 2.45) is 11.1 Å². The molecule has 112 valence electrons. The fourth-order valence-electron chi connectivity index (χ4n) is 3.08. The maximum absolute atomic E-state index is 12.6. The van der Waals surface area contributed by atoms with Crippen LogP contribution in [0.2, 0.25) is 0 Å². The fraction of sp³-hybridized carbons (Fsp3) is 0.688. The smallest absolute Gasteiger partial charge is 0.227 e. The van der Waals surface area contributed by atoms with Gasteiger partial charge in [0.1, 0.15) is 0 Å². The third kappa shape index (κ3) is 3.61. The molecule has 1 heterocycles. The first kappa shape index (κ1) is 15.5. The van der Waals surface area contributed by atoms with Crippen LogP contribution in [-0.4, -0.2) is 18.5 Å². The molecule has 0 aromatic carbocycles. The van der Waals surface area contributed by atoms with Crippen molar-refractivity contribution in [2.45, 2.75) is 58.4 Å². The van der Waals surface area contributed by atoms with E-state index in [1.807, 2.05) is 11.3 Å². The van der Waals surface area contributed by atoms with Gasteiger partial charge in [-0.2, -0.15) is 0 Å². The zero-order valence-corrected chi connectivity index (χ0v) is 13.4. The minimum Gasteiger partial charge on any atom is -0.353 e. The van der Waals surface area contributed by atoms with E-state index in [-0.39, 0.29) is 17.4 Å². The average molecular weight is 294 g/mol. The van der Waals surface area contributed by atoms with Crippen LogP contribution in [0.5, 0.6) is 0 Å². The Balaban J connectivity index is 1.92. The highest BCUT2D eigenvalue weighted by Gasteiger charge is 2.38. The van der Waals surface area contributed by atoms with Crippen molar-refractivity contribution in [1.29, 1.82) is 0 Å². The van der Waals surface area contributed by atoms with Crippen LogP contribution in [0, 0.1) is 12.3 Å². The molecular weight excluding hydrogens is 268 g/mol. The molecule has 2 rings (SSSR count). The summed E-state index contributed by atoms with van der Waals surface area (Å²) in [5.41, 5.74) is 5.60. The Hall–Kier alpha value is -0.870. The molecule has 0 aliphatic heterocycles. The zero-order chi connectivity index (χ0) is 14.6. The Morgan fingerprint density at radius 2 is 2.10 bits per heavy atom. The van der Waals surface area contributed by atoms with Crippen LogP contribution < -0.4 is 11.1 Å². The predicted molar refractivity (Wildman–Crippen MR) is 84.9 cm³/mol. The third-order valence-electron chi connectivity index (χ3n) is 4.36. The molecule has 0 bridgehead atoms. The zero-order valence-electron chi connectivity index (χ0n) is 12.6. The second-order valence-corrected chi connectivity index (χ2v) is 7.51. The Morgan fingerprint density at radius 3 is 2.65 bits per heavy atom. The minimum atomic E-state index is -0.308. The molecular formula is C16H26N2OS. The van der Waals surface area contributed by atoms with Gasteiger partial charge in [-0.05, 0) is 38.8 Å². The fourth-order valence-corrected chi connectivity index (χ4v) is 4.10. The molecule has 3 nitrogen and oxygen atoms in total. The van der Waals surface area contributed by atoms with E-state index in [1.165, 1.54) is 16.2 Å². The summed E-state index contributed by atoms with van der Waals surface area (Å²) in [5.74, 6) is 0.167. The Bertz CT molecular complexity index is 449. The van der Waals surface area contributed by atoms with Gasteiger partial charge in [-0.15, -0.1) is 11.3 Å². The normalized spacial score (nSPS) is 19.6. The SMILES string of the molecule is Cc1ccc(CC(C)NC(=O)C2(CN)CCCCC2)s1. The van der Waals surface area contributed by atoms with E-state index in [0.717, 1.165) is 32.1 Å². The summed E-state index contributed by atoms with van der Waals surface area (Å²) < 4.78 is 0. The minimum absolute atomic E-state index is 0.167. The van der Waals surface area contributed by atoms with Crippen molar-refractivity contribution in [3.05, 3.63) is 21.9 Å². The van der Waals surface area contributed by atoms with Crippen LogP contribution in [0.4, 0.5) is 0 Å². The highest BCUT2D eigenvalue weighted by molar-refractivity contribution is 7.11. The number of carbonyl (C=O) groups excluding carboxylic acids is 1. The highest BCUT2D eigenvalue weighted by Crippen LogP contribution is 2.35. The maximum atomic E-state index is 12.6. The summed E-state index contributed by atoms with van der Waals surface area (Å²) in [6, 6.07) is 4.46. The third-order valence-corrected chi connectivity index (χ3v) is 5.39. The first-order valence-corrected chi connectivity index (χ1v) is 8.44. The topological polar surface area (TPSA) is 55.1 Å². The van der Waals surface area contributed by atoms with Gasteiger partial charge in [-0.25, -0.2) is 0 Å². The van der Waals surface area contributed by atoms with E-state index in [9.17, 15) is 4.79 Å². The van der Waals surface area contributed by atoms with Crippen LogP contribution in [0.1, 0.15) is 48.8 Å². The molecule has 1 aliphatic carbocycles.